The summed E-state index contributed by atoms with van der Waals surface area (Å²) in [5, 5.41) is 133. The summed E-state index contributed by atoms with van der Waals surface area (Å²) >= 11 is 0. The Kier molecular flexibility index (Phi) is 20.7. The van der Waals surface area contributed by atoms with E-state index in [9.17, 15) is 80.5 Å². The lowest BCUT2D eigenvalue weighted by molar-refractivity contribution is -0.400. The molecule has 522 valence electrons. The number of hydrogen-bond acceptors (Lipinski definition) is 26. The number of ether oxygens (including phenoxy) is 11. The molecule has 4 saturated heterocycles. The van der Waals surface area contributed by atoms with Gasteiger partial charge in [0.2, 0.25) is 0 Å². The number of allylic oxidation sites excluding steroid dienone is 2. The zero-order valence-electron chi connectivity index (χ0n) is 54.2. The predicted octanol–water partition coefficient (Wildman–Crippen LogP) is 0.515. The van der Waals surface area contributed by atoms with Crippen LogP contribution in [-0.4, -0.2) is 246 Å². The molecule has 5 aliphatic carbocycles. The van der Waals surface area contributed by atoms with Crippen molar-refractivity contribution in [3.05, 3.63) is 53.6 Å². The molecular formula is C66H96O27. The van der Waals surface area contributed by atoms with Crippen LogP contribution in [-0.2, 0) is 71.3 Å². The summed E-state index contributed by atoms with van der Waals surface area (Å²) in [4.78, 5) is 54.0. The number of carbonyl (C=O) groups excluding carboxylic acids is 3. The Morgan fingerprint density at radius 2 is 1.26 bits per heavy atom. The first kappa shape index (κ1) is 71.6. The van der Waals surface area contributed by atoms with Gasteiger partial charge in [-0.25, -0.2) is 9.59 Å². The van der Waals surface area contributed by atoms with Crippen LogP contribution >= 0.6 is 0 Å². The van der Waals surface area contributed by atoms with Crippen molar-refractivity contribution < 1.29 is 133 Å². The summed E-state index contributed by atoms with van der Waals surface area (Å²) < 4.78 is 68.2. The van der Waals surface area contributed by atoms with Crippen molar-refractivity contribution in [1.29, 1.82) is 0 Å². The number of aliphatic carboxylic acids is 1. The summed E-state index contributed by atoms with van der Waals surface area (Å²) in [6.45, 7) is 16.5. The van der Waals surface area contributed by atoms with Crippen molar-refractivity contribution in [3.63, 3.8) is 0 Å². The van der Waals surface area contributed by atoms with E-state index in [1.54, 1.807) is 6.08 Å². The van der Waals surface area contributed by atoms with E-state index in [1.807, 2.05) is 58.0 Å². The van der Waals surface area contributed by atoms with Gasteiger partial charge in [-0.05, 0) is 103 Å². The molecule has 30 atom stereocenters. The molecule has 1 unspecified atom stereocenters. The molecule has 0 radical (unpaired) electrons. The van der Waals surface area contributed by atoms with Crippen LogP contribution in [0.3, 0.4) is 0 Å². The molecule has 0 aromatic heterocycles. The fourth-order valence-electron chi connectivity index (χ4n) is 18.2. The van der Waals surface area contributed by atoms with Crippen LogP contribution in [0.4, 0.5) is 0 Å². The van der Waals surface area contributed by atoms with Crippen molar-refractivity contribution >= 4 is 30.0 Å². The van der Waals surface area contributed by atoms with E-state index < -0.39 is 223 Å². The first-order valence-corrected chi connectivity index (χ1v) is 32.4. The molecule has 9 aliphatic rings. The number of aliphatic hydroxyl groups excluding tert-OH is 11. The summed E-state index contributed by atoms with van der Waals surface area (Å²) in [6, 6.07) is 9.13. The molecule has 4 saturated carbocycles. The smallest absolute Gasteiger partial charge is 0.335 e. The number of fused-ring (bicyclic) bond motifs is 7. The molecule has 1 aromatic rings. The highest BCUT2D eigenvalue weighted by atomic mass is 16.8. The van der Waals surface area contributed by atoms with Gasteiger partial charge in [-0.15, -0.1) is 0 Å². The lowest BCUT2D eigenvalue weighted by atomic mass is 9.33. The van der Waals surface area contributed by atoms with Gasteiger partial charge in [-0.2, -0.15) is 0 Å². The van der Waals surface area contributed by atoms with Gasteiger partial charge in [0, 0.05) is 25.3 Å². The Bertz CT molecular complexity index is 2910. The summed E-state index contributed by atoms with van der Waals surface area (Å²) in [5.41, 5.74) is -3.16. The number of hydrogen-bond donors (Lipinski definition) is 12. The number of rotatable bonds is 16. The maximum absolute atomic E-state index is 14.1. The minimum absolute atomic E-state index is 0.0619. The van der Waals surface area contributed by atoms with Crippen LogP contribution < -0.4 is 0 Å². The minimum Gasteiger partial charge on any atom is -0.479 e. The molecule has 8 fully saturated rings. The van der Waals surface area contributed by atoms with Crippen LogP contribution in [0.1, 0.15) is 120 Å². The maximum Gasteiger partial charge on any atom is 0.335 e. The fourth-order valence-corrected chi connectivity index (χ4v) is 18.2. The third-order valence-electron chi connectivity index (χ3n) is 23.3. The van der Waals surface area contributed by atoms with Gasteiger partial charge in [-0.1, -0.05) is 90.4 Å². The quantitative estimate of drug-likeness (QED) is 0.0353. The molecule has 0 bridgehead atoms. The van der Waals surface area contributed by atoms with E-state index in [0.29, 0.717) is 38.5 Å². The molecule has 0 amide bonds. The Balaban J connectivity index is 0.980. The fraction of sp³-hybridized carbons (Fsp3) is 0.788. The van der Waals surface area contributed by atoms with Gasteiger partial charge < -0.3 is 113 Å². The zero-order chi connectivity index (χ0) is 68.0. The molecule has 4 aliphatic heterocycles. The molecule has 4 heterocycles. The highest BCUT2D eigenvalue weighted by Crippen LogP contribution is 2.76. The molecule has 12 N–H and O–H groups in total. The molecule has 10 rings (SSSR count). The van der Waals surface area contributed by atoms with E-state index in [2.05, 4.69) is 26.8 Å². The van der Waals surface area contributed by atoms with Crippen LogP contribution in [0.25, 0.3) is 6.08 Å². The van der Waals surface area contributed by atoms with E-state index in [-0.39, 0.29) is 18.3 Å². The average Bonchev–Trinajstić information content (AvgIpc) is 0.668. The van der Waals surface area contributed by atoms with Crippen molar-refractivity contribution in [3.8, 4) is 0 Å². The Morgan fingerprint density at radius 3 is 1.89 bits per heavy atom. The summed E-state index contributed by atoms with van der Waals surface area (Å²) in [7, 11) is 0. The number of carboxylic acids is 1. The normalized spacial score (nSPS) is 47.7. The number of aliphatic hydroxyl groups is 11. The first-order valence-electron chi connectivity index (χ1n) is 32.4. The SMILES string of the molecule is CC(=O)O[C@H]1[C@H](OC(=O)C=Cc2ccccc2)[C@@]2(CO)C(CC1(C)C)C1=CC[C@@H]3[C@@]4(C)CC[C@H](O[C@@H]5O[C@H](C(=O)O)[C@@H](O)[C@H](O[C@@H]6OC[C@H](O)[C@H](O)[C@H]6O[C@@H]6O[C@@H](C)[C@H](O)[C@@H](O)[C@H]6O)[C@H]5O[C@@H]5O[C@H](CO)[C@H](O)[C@H](O)[C@H]5O)C(C)(C)[C@@H]4CC[C@@]3(C)[C@]1(C)C[C@H]2OC(C)=O. The number of carboxylic acid groups (broad SMARTS) is 1. The van der Waals surface area contributed by atoms with Gasteiger partial charge in [0.15, 0.2) is 37.4 Å². The van der Waals surface area contributed by atoms with Gasteiger partial charge in [0.1, 0.15) is 91.6 Å². The lowest BCUT2D eigenvalue weighted by Gasteiger charge is -2.72. The number of esters is 3. The molecular weight excluding hydrogens is 1220 g/mol. The number of carbonyl (C=O) groups is 4. The molecule has 27 heteroatoms. The van der Waals surface area contributed by atoms with Crippen molar-refractivity contribution in [2.24, 2.45) is 50.2 Å². The second-order valence-corrected chi connectivity index (χ2v) is 29.4. The Morgan fingerprint density at radius 1 is 0.624 bits per heavy atom. The summed E-state index contributed by atoms with van der Waals surface area (Å²) in [6.07, 6.45) is -31.1. The number of benzene rings is 1. The monoisotopic (exact) mass is 1320 g/mol. The van der Waals surface area contributed by atoms with E-state index in [0.717, 1.165) is 11.1 Å². The largest absolute Gasteiger partial charge is 0.479 e. The second-order valence-electron chi connectivity index (χ2n) is 29.4. The van der Waals surface area contributed by atoms with E-state index in [4.69, 9.17) is 52.1 Å². The molecule has 1 aromatic carbocycles. The van der Waals surface area contributed by atoms with Crippen LogP contribution in [0, 0.1) is 50.2 Å². The topological polar surface area (TPSA) is 413 Å². The predicted molar refractivity (Wildman–Crippen MR) is 318 cm³/mol. The van der Waals surface area contributed by atoms with Crippen LogP contribution in [0.5, 0.6) is 0 Å². The summed E-state index contributed by atoms with van der Waals surface area (Å²) in [5.74, 6) is -4.47. The highest BCUT2D eigenvalue weighted by Gasteiger charge is 2.75. The second kappa shape index (κ2) is 26.9. The van der Waals surface area contributed by atoms with Crippen molar-refractivity contribution in [1.82, 2.24) is 0 Å². The minimum atomic E-state index is -2.23. The van der Waals surface area contributed by atoms with E-state index in [1.165, 1.54) is 26.8 Å². The lowest BCUT2D eigenvalue weighted by Crippen LogP contribution is -2.73. The molecule has 27 nitrogen and oxygen atoms in total. The Labute approximate surface area is 539 Å². The van der Waals surface area contributed by atoms with Crippen LogP contribution in [0.15, 0.2) is 48.1 Å². The maximum atomic E-state index is 14.1. The Hall–Kier alpha value is -4.18. The van der Waals surface area contributed by atoms with Gasteiger partial charge in [0.25, 0.3) is 0 Å². The third kappa shape index (κ3) is 12.6. The molecule has 0 spiro atoms. The first-order chi connectivity index (χ1) is 43.6. The highest BCUT2D eigenvalue weighted by molar-refractivity contribution is 5.87. The van der Waals surface area contributed by atoms with Crippen molar-refractivity contribution in [2.45, 2.75) is 255 Å². The van der Waals surface area contributed by atoms with E-state index >= 15 is 0 Å². The van der Waals surface area contributed by atoms with Gasteiger partial charge in [-0.3, -0.25) is 9.59 Å². The average molecular weight is 1320 g/mol. The van der Waals surface area contributed by atoms with Crippen molar-refractivity contribution in [2.75, 3.05) is 19.8 Å². The standard InChI is InChI=1S/C66H96O27/c1-29-42(73)45(76)47(78)57(84-29)92-52-43(74)35(71)27-83-59(52)90-50-49(80)51(56(81)82)91-60(53(50)93-58-48(79)46(77)44(75)36(26-67)87-58)88-39-21-22-63(8)37(62(39,6)7)20-23-64(9)38(63)18-17-33-34-24-61(4,5)54(86-31(3)70)55(89-41(72)19-16-32-14-12-11-13-15-32)66(34,28-68)40(85-30(2)69)25-65(33,64)10/h11-17,19,29,34-40,42-55,57-60,67-68,71,73-80H,18,20-28H2,1-10H3,(H,81,82)/t29-,34?,35-,36+,37-,38+,39-,40+,42-,43-,44-,45+,46-,47+,48+,49-,50-,51-,52+,53+,54-,55-,57-,58-,59-,60+,63-,64+,65+,66-/m0/s1. The third-order valence-corrected chi connectivity index (χ3v) is 23.3. The van der Waals surface area contributed by atoms with Gasteiger partial charge in [0.05, 0.1) is 37.4 Å². The zero-order valence-corrected chi connectivity index (χ0v) is 54.2. The molecule has 93 heavy (non-hydrogen) atoms. The van der Waals surface area contributed by atoms with Gasteiger partial charge >= 0.3 is 23.9 Å². The van der Waals surface area contributed by atoms with Crippen LogP contribution in [0.2, 0.25) is 0 Å².